The zero-order valence-electron chi connectivity index (χ0n) is 11.3. The molecule has 0 aliphatic rings. The summed E-state index contributed by atoms with van der Waals surface area (Å²) in [6.07, 6.45) is 0. The van der Waals surface area contributed by atoms with Gasteiger partial charge in [0.15, 0.2) is 0 Å². The van der Waals surface area contributed by atoms with Crippen molar-refractivity contribution in [2.75, 3.05) is 6.61 Å². The number of hydrogen-bond acceptors (Lipinski definition) is 5. The normalized spacial score (nSPS) is 10.6. The summed E-state index contributed by atoms with van der Waals surface area (Å²) >= 11 is 5.82. The molecule has 3 rings (SSSR count). The minimum absolute atomic E-state index is 0.0317. The average Bonchev–Trinajstić information content (AvgIpc) is 2.47. The molecule has 0 saturated heterocycles. The third-order valence-corrected chi connectivity index (χ3v) is 2.94. The van der Waals surface area contributed by atoms with E-state index in [0.29, 0.717) is 12.4 Å². The molecule has 0 spiro atoms. The second-order valence-electron chi connectivity index (χ2n) is 4.21. The fourth-order valence-electron chi connectivity index (χ4n) is 1.89. The maximum atomic E-state index is 5.82. The molecule has 0 N–H and O–H groups in total. The highest BCUT2D eigenvalue weighted by atomic mass is 35.5. The third-order valence-electron chi connectivity index (χ3n) is 2.77. The topological polar surface area (TPSA) is 57.1 Å². The summed E-state index contributed by atoms with van der Waals surface area (Å²) in [6, 6.07) is 14.0. The number of nitrogens with zero attached hydrogens (tertiary/aromatic N) is 3. The molecule has 0 bridgehead atoms. The van der Waals surface area contributed by atoms with Crippen molar-refractivity contribution in [1.82, 2.24) is 15.0 Å². The first-order chi connectivity index (χ1) is 10.2. The molecule has 2 aromatic carbocycles. The predicted octanol–water partition coefficient (Wildman–Crippen LogP) is 3.87. The van der Waals surface area contributed by atoms with Crippen LogP contribution >= 0.6 is 11.6 Å². The van der Waals surface area contributed by atoms with Crippen molar-refractivity contribution >= 4 is 22.4 Å². The van der Waals surface area contributed by atoms with Gasteiger partial charge in [0.25, 0.3) is 0 Å². The van der Waals surface area contributed by atoms with Gasteiger partial charge in [0.1, 0.15) is 5.75 Å². The number of ether oxygens (including phenoxy) is 2. The Morgan fingerprint density at radius 3 is 2.52 bits per heavy atom. The monoisotopic (exact) mass is 301 g/mol. The van der Waals surface area contributed by atoms with E-state index in [0.717, 1.165) is 10.8 Å². The smallest absolute Gasteiger partial charge is 0.329 e. The van der Waals surface area contributed by atoms with Gasteiger partial charge in [-0.05, 0) is 41.4 Å². The van der Waals surface area contributed by atoms with Crippen LogP contribution in [0, 0.1) is 0 Å². The van der Waals surface area contributed by atoms with Crippen LogP contribution in [0.25, 0.3) is 10.8 Å². The molecule has 0 saturated carbocycles. The summed E-state index contributed by atoms with van der Waals surface area (Å²) in [6.45, 7) is 2.28. The molecule has 0 amide bonds. The molecule has 1 heterocycles. The van der Waals surface area contributed by atoms with Crippen LogP contribution in [0.2, 0.25) is 5.28 Å². The van der Waals surface area contributed by atoms with Gasteiger partial charge in [0.2, 0.25) is 5.28 Å². The lowest BCUT2D eigenvalue weighted by Crippen LogP contribution is -2.01. The standard InChI is InChI=1S/C15H12ClN3O2/c1-2-20-14-17-13(16)18-15(19-14)21-12-8-7-10-5-3-4-6-11(10)9-12/h3-9H,2H2,1H3. The van der Waals surface area contributed by atoms with E-state index in [2.05, 4.69) is 15.0 Å². The summed E-state index contributed by atoms with van der Waals surface area (Å²) < 4.78 is 10.8. The van der Waals surface area contributed by atoms with Crippen LogP contribution in [0.5, 0.6) is 17.8 Å². The first-order valence-electron chi connectivity index (χ1n) is 6.45. The number of fused-ring (bicyclic) bond motifs is 1. The van der Waals surface area contributed by atoms with Crippen molar-refractivity contribution in [3.8, 4) is 17.8 Å². The zero-order chi connectivity index (χ0) is 14.7. The third kappa shape index (κ3) is 3.20. The molecule has 1 aromatic heterocycles. The van der Waals surface area contributed by atoms with Crippen molar-refractivity contribution in [3.05, 3.63) is 47.7 Å². The molecular formula is C15H12ClN3O2. The molecule has 5 nitrogen and oxygen atoms in total. The Kier molecular flexibility index (Phi) is 3.83. The van der Waals surface area contributed by atoms with E-state index in [1.54, 1.807) is 0 Å². The van der Waals surface area contributed by atoms with Gasteiger partial charge < -0.3 is 9.47 Å². The molecule has 21 heavy (non-hydrogen) atoms. The summed E-state index contributed by atoms with van der Waals surface area (Å²) in [5, 5.41) is 2.23. The van der Waals surface area contributed by atoms with Crippen LogP contribution in [-0.4, -0.2) is 21.6 Å². The number of rotatable bonds is 4. The van der Waals surface area contributed by atoms with Crippen LogP contribution in [0.3, 0.4) is 0 Å². The van der Waals surface area contributed by atoms with Gasteiger partial charge in [-0.2, -0.15) is 9.97 Å². The molecule has 0 aliphatic carbocycles. The van der Waals surface area contributed by atoms with E-state index >= 15 is 0 Å². The average molecular weight is 302 g/mol. The predicted molar refractivity (Wildman–Crippen MR) is 80.0 cm³/mol. The van der Waals surface area contributed by atoms with Gasteiger partial charge in [0, 0.05) is 0 Å². The highest BCUT2D eigenvalue weighted by molar-refractivity contribution is 6.28. The SMILES string of the molecule is CCOc1nc(Cl)nc(Oc2ccc3ccccc3c2)n1. The van der Waals surface area contributed by atoms with E-state index in [1.165, 1.54) is 0 Å². The Balaban J connectivity index is 1.90. The van der Waals surface area contributed by atoms with Crippen molar-refractivity contribution in [2.45, 2.75) is 6.92 Å². The van der Waals surface area contributed by atoms with E-state index in [4.69, 9.17) is 21.1 Å². The quantitative estimate of drug-likeness (QED) is 0.732. The van der Waals surface area contributed by atoms with Crippen molar-refractivity contribution in [3.63, 3.8) is 0 Å². The number of hydrogen-bond donors (Lipinski definition) is 0. The second kappa shape index (κ2) is 5.93. The van der Waals surface area contributed by atoms with Crippen LogP contribution in [0.4, 0.5) is 0 Å². The lowest BCUT2D eigenvalue weighted by Gasteiger charge is -2.07. The van der Waals surface area contributed by atoms with Crippen LogP contribution in [-0.2, 0) is 0 Å². The first kappa shape index (κ1) is 13.6. The van der Waals surface area contributed by atoms with E-state index in [1.807, 2.05) is 49.4 Å². The lowest BCUT2D eigenvalue weighted by atomic mass is 10.1. The minimum atomic E-state index is 0.0317. The molecule has 106 valence electrons. The lowest BCUT2D eigenvalue weighted by molar-refractivity contribution is 0.303. The van der Waals surface area contributed by atoms with Crippen LogP contribution in [0.1, 0.15) is 6.92 Å². The molecule has 0 unspecified atom stereocenters. The largest absolute Gasteiger partial charge is 0.464 e. The van der Waals surface area contributed by atoms with Gasteiger partial charge in [-0.25, -0.2) is 0 Å². The number of halogens is 1. The van der Waals surface area contributed by atoms with Crippen LogP contribution in [0.15, 0.2) is 42.5 Å². The van der Waals surface area contributed by atoms with Crippen molar-refractivity contribution in [1.29, 1.82) is 0 Å². The highest BCUT2D eigenvalue weighted by Gasteiger charge is 2.08. The van der Waals surface area contributed by atoms with E-state index < -0.39 is 0 Å². The fourth-order valence-corrected chi connectivity index (χ4v) is 2.03. The molecule has 3 aromatic rings. The van der Waals surface area contributed by atoms with Gasteiger partial charge >= 0.3 is 12.0 Å². The maximum Gasteiger partial charge on any atom is 0.329 e. The van der Waals surface area contributed by atoms with E-state index in [-0.39, 0.29) is 17.3 Å². The maximum absolute atomic E-state index is 5.82. The van der Waals surface area contributed by atoms with Gasteiger partial charge in [-0.1, -0.05) is 30.3 Å². The molecule has 6 heteroatoms. The Morgan fingerprint density at radius 2 is 1.71 bits per heavy atom. The molecule has 0 fully saturated rings. The summed E-state index contributed by atoms with van der Waals surface area (Å²) in [5.41, 5.74) is 0. The van der Waals surface area contributed by atoms with Gasteiger partial charge in [-0.15, -0.1) is 4.98 Å². The Bertz CT molecular complexity index is 780. The van der Waals surface area contributed by atoms with E-state index in [9.17, 15) is 0 Å². The molecule has 0 aliphatic heterocycles. The van der Waals surface area contributed by atoms with Crippen LogP contribution < -0.4 is 9.47 Å². The number of aromatic nitrogens is 3. The first-order valence-corrected chi connectivity index (χ1v) is 6.83. The van der Waals surface area contributed by atoms with Gasteiger partial charge in [-0.3, -0.25) is 0 Å². The van der Waals surface area contributed by atoms with Crippen molar-refractivity contribution < 1.29 is 9.47 Å². The number of benzene rings is 2. The summed E-state index contributed by atoms with van der Waals surface area (Å²) in [4.78, 5) is 11.8. The highest BCUT2D eigenvalue weighted by Crippen LogP contribution is 2.25. The fraction of sp³-hybridized carbons (Fsp3) is 0.133. The Morgan fingerprint density at radius 1 is 0.952 bits per heavy atom. The molecule has 0 radical (unpaired) electrons. The minimum Gasteiger partial charge on any atom is -0.464 e. The molecule has 0 atom stereocenters. The summed E-state index contributed by atoms with van der Waals surface area (Å²) in [7, 11) is 0. The second-order valence-corrected chi connectivity index (χ2v) is 4.55. The van der Waals surface area contributed by atoms with Crippen molar-refractivity contribution in [2.24, 2.45) is 0 Å². The zero-order valence-corrected chi connectivity index (χ0v) is 12.0. The molecular weight excluding hydrogens is 290 g/mol. The Labute approximate surface area is 126 Å². The Hall–Kier alpha value is -2.40. The summed E-state index contributed by atoms with van der Waals surface area (Å²) in [5.74, 6) is 0.624. The van der Waals surface area contributed by atoms with Gasteiger partial charge in [0.05, 0.1) is 6.61 Å².